The lowest BCUT2D eigenvalue weighted by Crippen LogP contribution is -2.53. The summed E-state index contributed by atoms with van der Waals surface area (Å²) in [6.07, 6.45) is 0.139. The van der Waals surface area contributed by atoms with Gasteiger partial charge in [0.2, 0.25) is 11.8 Å². The summed E-state index contributed by atoms with van der Waals surface area (Å²) in [5, 5.41) is 3.23. The van der Waals surface area contributed by atoms with Gasteiger partial charge < -0.3 is 24.4 Å². The van der Waals surface area contributed by atoms with Gasteiger partial charge in [-0.05, 0) is 61.0 Å². The van der Waals surface area contributed by atoms with E-state index in [9.17, 15) is 18.0 Å². The molecule has 13 heteroatoms. The van der Waals surface area contributed by atoms with E-state index in [1.54, 1.807) is 42.5 Å². The van der Waals surface area contributed by atoms with Crippen molar-refractivity contribution in [1.29, 1.82) is 0 Å². The predicted octanol–water partition coefficient (Wildman–Crippen LogP) is 5.99. The first kappa shape index (κ1) is 36.4. The van der Waals surface area contributed by atoms with Crippen molar-refractivity contribution >= 4 is 50.7 Å². The maximum Gasteiger partial charge on any atom is 0.264 e. The molecule has 0 fully saturated rings. The standard InChI is InChI=1S/C35H37Cl2N3O7S/c1-5-47-26-16-14-25(15-17-26)40(48(43,44)27-18-19-32(45-3)33(21-27)46-4)23-34(41)39(22-28-29(36)12-9-13-30(28)37)31(35(42)38-2)20-24-10-7-6-8-11-24/h6-19,21,31H,5,20,22-23H2,1-4H3,(H,38,42). The second-order valence-electron chi connectivity index (χ2n) is 10.5. The summed E-state index contributed by atoms with van der Waals surface area (Å²) in [6, 6.07) is 23.6. The highest BCUT2D eigenvalue weighted by Crippen LogP contribution is 2.33. The van der Waals surface area contributed by atoms with Crippen LogP contribution in [-0.4, -0.2) is 65.6 Å². The molecule has 4 aromatic rings. The number of carbonyl (C=O) groups is 2. The molecule has 0 aliphatic rings. The molecule has 0 aromatic heterocycles. The fraction of sp³-hybridized carbons (Fsp3) is 0.257. The Bertz CT molecular complexity index is 1800. The fourth-order valence-corrected chi connectivity index (χ4v) is 7.03. The van der Waals surface area contributed by atoms with Gasteiger partial charge in [-0.2, -0.15) is 0 Å². The Balaban J connectivity index is 1.84. The van der Waals surface area contributed by atoms with Crippen molar-refractivity contribution in [3.63, 3.8) is 0 Å². The third kappa shape index (κ3) is 8.52. The summed E-state index contributed by atoms with van der Waals surface area (Å²) >= 11 is 13.1. The second kappa shape index (κ2) is 16.6. The molecule has 4 aromatic carbocycles. The van der Waals surface area contributed by atoms with E-state index in [1.165, 1.54) is 44.4 Å². The highest BCUT2D eigenvalue weighted by atomic mass is 35.5. The number of ether oxygens (including phenoxy) is 3. The Hall–Kier alpha value is -4.45. The van der Waals surface area contributed by atoms with Crippen LogP contribution in [0.3, 0.4) is 0 Å². The highest BCUT2D eigenvalue weighted by Gasteiger charge is 2.35. The smallest absolute Gasteiger partial charge is 0.264 e. The number of nitrogens with zero attached hydrogens (tertiary/aromatic N) is 2. The molecule has 48 heavy (non-hydrogen) atoms. The van der Waals surface area contributed by atoms with Crippen LogP contribution >= 0.6 is 23.2 Å². The number of rotatable bonds is 15. The lowest BCUT2D eigenvalue weighted by Gasteiger charge is -2.34. The quantitative estimate of drug-likeness (QED) is 0.161. The Kier molecular flexibility index (Phi) is 12.6. The Labute approximate surface area is 291 Å². The zero-order chi connectivity index (χ0) is 34.8. The molecule has 2 amide bonds. The van der Waals surface area contributed by atoms with Gasteiger partial charge in [0.05, 0.1) is 31.4 Å². The third-order valence-corrected chi connectivity index (χ3v) is 10.0. The lowest BCUT2D eigenvalue weighted by molar-refractivity contribution is -0.139. The molecular formula is C35H37Cl2N3O7S. The van der Waals surface area contributed by atoms with Gasteiger partial charge in [0.1, 0.15) is 18.3 Å². The summed E-state index contributed by atoms with van der Waals surface area (Å²) in [6.45, 7) is 1.40. The van der Waals surface area contributed by atoms with E-state index in [0.717, 1.165) is 9.87 Å². The largest absolute Gasteiger partial charge is 0.494 e. The van der Waals surface area contributed by atoms with Crippen molar-refractivity contribution in [3.8, 4) is 17.2 Å². The molecule has 0 saturated heterocycles. The van der Waals surface area contributed by atoms with Crippen molar-refractivity contribution in [2.45, 2.75) is 30.8 Å². The van der Waals surface area contributed by atoms with Crippen LogP contribution in [0.2, 0.25) is 10.0 Å². The van der Waals surface area contributed by atoms with Crippen LogP contribution in [-0.2, 0) is 32.6 Å². The zero-order valence-electron chi connectivity index (χ0n) is 27.0. The van der Waals surface area contributed by atoms with Crippen LogP contribution < -0.4 is 23.8 Å². The first-order valence-corrected chi connectivity index (χ1v) is 17.2. The number of methoxy groups -OCH3 is 2. The SMILES string of the molecule is CCOc1ccc(N(CC(=O)N(Cc2c(Cl)cccc2Cl)C(Cc2ccccc2)C(=O)NC)S(=O)(=O)c2ccc(OC)c(OC)c2)cc1. The number of sulfonamides is 1. The van der Waals surface area contributed by atoms with Crippen LogP contribution in [0.1, 0.15) is 18.1 Å². The number of benzene rings is 4. The molecular weight excluding hydrogens is 677 g/mol. The number of nitrogens with one attached hydrogen (secondary N) is 1. The van der Waals surface area contributed by atoms with Crippen molar-refractivity contribution in [1.82, 2.24) is 10.2 Å². The number of carbonyl (C=O) groups excluding carboxylic acids is 2. The minimum absolute atomic E-state index is 0.139. The van der Waals surface area contributed by atoms with Gasteiger partial charge in [0.15, 0.2) is 11.5 Å². The first-order valence-electron chi connectivity index (χ1n) is 15.0. The summed E-state index contributed by atoms with van der Waals surface area (Å²) in [4.78, 5) is 29.2. The maximum absolute atomic E-state index is 14.6. The normalized spacial score (nSPS) is 11.7. The van der Waals surface area contributed by atoms with E-state index < -0.39 is 34.4 Å². The van der Waals surface area contributed by atoms with Crippen LogP contribution in [0, 0.1) is 0 Å². The van der Waals surface area contributed by atoms with E-state index in [4.69, 9.17) is 37.4 Å². The number of likely N-dealkylation sites (N-methyl/N-ethyl adjacent to an activating group) is 1. The van der Waals surface area contributed by atoms with Crippen molar-refractivity contribution in [2.24, 2.45) is 0 Å². The second-order valence-corrected chi connectivity index (χ2v) is 13.2. The average molecular weight is 715 g/mol. The molecule has 1 atom stereocenters. The molecule has 4 rings (SSSR count). The summed E-state index contributed by atoms with van der Waals surface area (Å²) in [5.74, 6) is -0.0842. The van der Waals surface area contributed by atoms with Crippen molar-refractivity contribution in [2.75, 3.05) is 38.7 Å². The number of hydrogen-bond acceptors (Lipinski definition) is 7. The molecule has 0 aliphatic heterocycles. The van der Waals surface area contributed by atoms with Crippen LogP contribution in [0.15, 0.2) is 95.9 Å². The number of amides is 2. The molecule has 1 unspecified atom stereocenters. The minimum Gasteiger partial charge on any atom is -0.494 e. The van der Waals surface area contributed by atoms with E-state index in [2.05, 4.69) is 5.32 Å². The fourth-order valence-electron chi connectivity index (χ4n) is 5.08. The van der Waals surface area contributed by atoms with E-state index >= 15 is 0 Å². The average Bonchev–Trinajstić information content (AvgIpc) is 3.10. The van der Waals surface area contributed by atoms with Crippen LogP contribution in [0.4, 0.5) is 5.69 Å². The van der Waals surface area contributed by atoms with Crippen molar-refractivity contribution in [3.05, 3.63) is 112 Å². The molecule has 10 nitrogen and oxygen atoms in total. The van der Waals surface area contributed by atoms with Gasteiger partial charge in [-0.15, -0.1) is 0 Å². The Morgan fingerprint density at radius 1 is 0.854 bits per heavy atom. The summed E-state index contributed by atoms with van der Waals surface area (Å²) < 4.78 is 46.0. The molecule has 0 heterocycles. The van der Waals surface area contributed by atoms with Gasteiger partial charge >= 0.3 is 0 Å². The lowest BCUT2D eigenvalue weighted by atomic mass is 10.0. The Morgan fingerprint density at radius 2 is 1.50 bits per heavy atom. The molecule has 0 saturated carbocycles. The molecule has 0 radical (unpaired) electrons. The summed E-state index contributed by atoms with van der Waals surface area (Å²) in [5.41, 5.74) is 1.39. The van der Waals surface area contributed by atoms with Gasteiger partial charge in [-0.1, -0.05) is 59.6 Å². The van der Waals surface area contributed by atoms with Gasteiger partial charge in [0.25, 0.3) is 10.0 Å². The minimum atomic E-state index is -4.41. The highest BCUT2D eigenvalue weighted by molar-refractivity contribution is 7.92. The van der Waals surface area contributed by atoms with E-state index in [1.807, 2.05) is 37.3 Å². The van der Waals surface area contributed by atoms with E-state index in [-0.39, 0.29) is 39.3 Å². The zero-order valence-corrected chi connectivity index (χ0v) is 29.3. The predicted molar refractivity (Wildman–Crippen MR) is 187 cm³/mol. The molecule has 254 valence electrons. The molecule has 1 N–H and O–H groups in total. The summed E-state index contributed by atoms with van der Waals surface area (Å²) in [7, 11) is -0.103. The van der Waals surface area contributed by atoms with Gasteiger partial charge in [0, 0.05) is 41.7 Å². The maximum atomic E-state index is 14.6. The van der Waals surface area contributed by atoms with Crippen LogP contribution in [0.5, 0.6) is 17.2 Å². The number of anilines is 1. The molecule has 0 spiro atoms. The van der Waals surface area contributed by atoms with Crippen molar-refractivity contribution < 1.29 is 32.2 Å². The van der Waals surface area contributed by atoms with Crippen LogP contribution in [0.25, 0.3) is 0 Å². The van der Waals surface area contributed by atoms with E-state index in [0.29, 0.717) is 23.7 Å². The monoisotopic (exact) mass is 713 g/mol. The van der Waals surface area contributed by atoms with Gasteiger partial charge in [-0.3, -0.25) is 13.9 Å². The molecule has 0 bridgehead atoms. The number of hydrogen-bond donors (Lipinski definition) is 1. The topological polar surface area (TPSA) is 114 Å². The van der Waals surface area contributed by atoms with Gasteiger partial charge in [-0.25, -0.2) is 8.42 Å². The third-order valence-electron chi connectivity index (χ3n) is 7.57. The number of halogens is 2. The Morgan fingerprint density at radius 3 is 2.08 bits per heavy atom. The molecule has 0 aliphatic carbocycles. The first-order chi connectivity index (χ1) is 23.0.